The van der Waals surface area contributed by atoms with Crippen molar-refractivity contribution in [2.75, 3.05) is 13.1 Å². The summed E-state index contributed by atoms with van der Waals surface area (Å²) >= 11 is 1.67. The van der Waals surface area contributed by atoms with Crippen LogP contribution in [0.4, 0.5) is 0 Å². The van der Waals surface area contributed by atoms with Crippen molar-refractivity contribution < 1.29 is 9.59 Å². The molecule has 144 valence electrons. The minimum Gasteiger partial charge on any atom is -0.350 e. The number of thiazole rings is 1. The van der Waals surface area contributed by atoms with E-state index in [0.717, 1.165) is 62.3 Å². The molecule has 5 nitrogen and oxygen atoms in total. The minimum atomic E-state index is 0.155. The van der Waals surface area contributed by atoms with Gasteiger partial charge < -0.3 is 10.2 Å². The highest BCUT2D eigenvalue weighted by Crippen LogP contribution is 2.31. The summed E-state index contributed by atoms with van der Waals surface area (Å²) < 4.78 is 0. The molecule has 0 spiro atoms. The second kappa shape index (κ2) is 8.98. The molecule has 0 bridgehead atoms. The number of hydrogen-bond donors (Lipinski definition) is 1. The van der Waals surface area contributed by atoms with Gasteiger partial charge in [-0.2, -0.15) is 0 Å². The molecule has 1 N–H and O–H groups in total. The molecule has 1 saturated carbocycles. The lowest BCUT2D eigenvalue weighted by molar-refractivity contribution is -0.137. The first-order valence-corrected chi connectivity index (χ1v) is 11.0. The SMILES string of the molecule is CCC(CC)C(=O)N1CCCC(c2nc(CNC(=O)C3CCC3)cs2)C1. The third kappa shape index (κ3) is 4.45. The number of amides is 2. The molecule has 1 aliphatic carbocycles. The number of piperidine rings is 1. The van der Waals surface area contributed by atoms with Crippen molar-refractivity contribution >= 4 is 23.2 Å². The van der Waals surface area contributed by atoms with Gasteiger partial charge in [-0.1, -0.05) is 20.3 Å². The molecule has 0 aromatic carbocycles. The molecule has 2 heterocycles. The number of likely N-dealkylation sites (tertiary alicyclic amines) is 1. The van der Waals surface area contributed by atoms with Crippen LogP contribution in [0.2, 0.25) is 0 Å². The average molecular weight is 378 g/mol. The van der Waals surface area contributed by atoms with Crippen LogP contribution in [0.3, 0.4) is 0 Å². The van der Waals surface area contributed by atoms with E-state index < -0.39 is 0 Å². The Kier molecular flexibility index (Phi) is 6.68. The first kappa shape index (κ1) is 19.3. The molecule has 2 amide bonds. The summed E-state index contributed by atoms with van der Waals surface area (Å²) in [5.41, 5.74) is 0.945. The molecule has 6 heteroatoms. The van der Waals surface area contributed by atoms with Gasteiger partial charge in [0.25, 0.3) is 0 Å². The van der Waals surface area contributed by atoms with Crippen LogP contribution in [-0.4, -0.2) is 34.8 Å². The van der Waals surface area contributed by atoms with Crippen LogP contribution >= 0.6 is 11.3 Å². The van der Waals surface area contributed by atoms with E-state index in [0.29, 0.717) is 18.4 Å². The summed E-state index contributed by atoms with van der Waals surface area (Å²) in [6, 6.07) is 0. The summed E-state index contributed by atoms with van der Waals surface area (Å²) in [6.07, 6.45) is 7.19. The molecule has 1 aliphatic heterocycles. The van der Waals surface area contributed by atoms with Gasteiger partial charge in [0.15, 0.2) is 0 Å². The zero-order chi connectivity index (χ0) is 18.5. The quantitative estimate of drug-likeness (QED) is 0.788. The van der Waals surface area contributed by atoms with E-state index in [-0.39, 0.29) is 17.7 Å². The van der Waals surface area contributed by atoms with Gasteiger partial charge >= 0.3 is 0 Å². The standard InChI is InChI=1S/C20H31N3O2S/c1-3-14(4-2)20(25)23-10-6-9-16(12-23)19-22-17(13-26-19)11-21-18(24)15-7-5-8-15/h13-16H,3-12H2,1-2H3,(H,21,24). The van der Waals surface area contributed by atoms with Crippen LogP contribution in [0.15, 0.2) is 5.38 Å². The largest absolute Gasteiger partial charge is 0.350 e. The number of rotatable bonds is 7. The zero-order valence-electron chi connectivity index (χ0n) is 16.0. The highest BCUT2D eigenvalue weighted by Gasteiger charge is 2.29. The normalized spacial score (nSPS) is 20.9. The maximum absolute atomic E-state index is 12.7. The molecule has 2 aliphatic rings. The zero-order valence-corrected chi connectivity index (χ0v) is 16.8. The van der Waals surface area contributed by atoms with Crippen LogP contribution in [0.1, 0.15) is 75.4 Å². The number of carbonyl (C=O) groups is 2. The number of nitrogens with one attached hydrogen (secondary N) is 1. The minimum absolute atomic E-state index is 0.155. The van der Waals surface area contributed by atoms with Gasteiger partial charge in [-0.25, -0.2) is 4.98 Å². The molecule has 1 unspecified atom stereocenters. The number of hydrogen-bond acceptors (Lipinski definition) is 4. The lowest BCUT2D eigenvalue weighted by atomic mass is 9.85. The van der Waals surface area contributed by atoms with E-state index in [1.54, 1.807) is 11.3 Å². The van der Waals surface area contributed by atoms with Gasteiger partial charge in [-0.3, -0.25) is 9.59 Å². The van der Waals surface area contributed by atoms with E-state index >= 15 is 0 Å². The second-order valence-electron chi connectivity index (χ2n) is 7.66. The van der Waals surface area contributed by atoms with Gasteiger partial charge in [0.05, 0.1) is 17.2 Å². The van der Waals surface area contributed by atoms with Crippen molar-refractivity contribution in [2.45, 2.75) is 71.3 Å². The van der Waals surface area contributed by atoms with Gasteiger partial charge in [0.2, 0.25) is 11.8 Å². The fourth-order valence-corrected chi connectivity index (χ4v) is 4.81. The molecular weight excluding hydrogens is 346 g/mol. The Labute approximate surface area is 160 Å². The first-order valence-electron chi connectivity index (χ1n) is 10.1. The summed E-state index contributed by atoms with van der Waals surface area (Å²) in [7, 11) is 0. The number of nitrogens with zero attached hydrogens (tertiary/aromatic N) is 2. The van der Waals surface area contributed by atoms with E-state index in [9.17, 15) is 9.59 Å². The lowest BCUT2D eigenvalue weighted by Gasteiger charge is -2.34. The van der Waals surface area contributed by atoms with Crippen molar-refractivity contribution in [3.8, 4) is 0 Å². The van der Waals surface area contributed by atoms with Crippen LogP contribution < -0.4 is 5.32 Å². The highest BCUT2D eigenvalue weighted by atomic mass is 32.1. The summed E-state index contributed by atoms with van der Waals surface area (Å²) in [4.78, 5) is 31.4. The van der Waals surface area contributed by atoms with Crippen molar-refractivity contribution in [2.24, 2.45) is 11.8 Å². The van der Waals surface area contributed by atoms with Gasteiger partial charge in [0, 0.05) is 36.2 Å². The van der Waals surface area contributed by atoms with Crippen molar-refractivity contribution in [3.63, 3.8) is 0 Å². The van der Waals surface area contributed by atoms with E-state index in [1.165, 1.54) is 6.42 Å². The van der Waals surface area contributed by atoms with Crippen molar-refractivity contribution in [3.05, 3.63) is 16.1 Å². The fourth-order valence-electron chi connectivity index (χ4n) is 3.86. The molecule has 26 heavy (non-hydrogen) atoms. The molecular formula is C20H31N3O2S. The Bertz CT molecular complexity index is 622. The second-order valence-corrected chi connectivity index (χ2v) is 8.55. The highest BCUT2D eigenvalue weighted by molar-refractivity contribution is 7.09. The van der Waals surface area contributed by atoms with Crippen LogP contribution in [0, 0.1) is 11.8 Å². The Morgan fingerprint density at radius 1 is 1.27 bits per heavy atom. The van der Waals surface area contributed by atoms with E-state index in [2.05, 4.69) is 24.5 Å². The predicted octanol–water partition coefficient (Wildman–Crippen LogP) is 3.70. The molecule has 1 aromatic heterocycles. The van der Waals surface area contributed by atoms with Gasteiger partial charge in [-0.05, 0) is 38.5 Å². The van der Waals surface area contributed by atoms with Crippen LogP contribution in [0.5, 0.6) is 0 Å². The molecule has 1 saturated heterocycles. The van der Waals surface area contributed by atoms with E-state index in [4.69, 9.17) is 4.98 Å². The van der Waals surface area contributed by atoms with Gasteiger partial charge in [0.1, 0.15) is 0 Å². The molecule has 0 radical (unpaired) electrons. The summed E-state index contributed by atoms with van der Waals surface area (Å²) in [5.74, 6) is 1.19. The van der Waals surface area contributed by atoms with Crippen LogP contribution in [-0.2, 0) is 16.1 Å². The third-order valence-corrected chi connectivity index (χ3v) is 6.96. The third-order valence-electron chi connectivity index (χ3n) is 5.91. The lowest BCUT2D eigenvalue weighted by Crippen LogP contribution is -2.42. The molecule has 2 fully saturated rings. The Morgan fingerprint density at radius 3 is 2.69 bits per heavy atom. The predicted molar refractivity (Wildman–Crippen MR) is 104 cm³/mol. The van der Waals surface area contributed by atoms with E-state index in [1.807, 2.05) is 4.90 Å². The monoisotopic (exact) mass is 377 g/mol. The van der Waals surface area contributed by atoms with Crippen molar-refractivity contribution in [1.82, 2.24) is 15.2 Å². The maximum atomic E-state index is 12.7. The first-order chi connectivity index (χ1) is 12.6. The van der Waals surface area contributed by atoms with Crippen molar-refractivity contribution in [1.29, 1.82) is 0 Å². The fraction of sp³-hybridized carbons (Fsp3) is 0.750. The maximum Gasteiger partial charge on any atom is 0.225 e. The Morgan fingerprint density at radius 2 is 2.04 bits per heavy atom. The number of aromatic nitrogens is 1. The topological polar surface area (TPSA) is 62.3 Å². The molecule has 1 atom stereocenters. The average Bonchev–Trinajstić information content (AvgIpc) is 3.08. The van der Waals surface area contributed by atoms with Crippen LogP contribution in [0.25, 0.3) is 0 Å². The molecule has 3 rings (SSSR count). The van der Waals surface area contributed by atoms with Gasteiger partial charge in [-0.15, -0.1) is 11.3 Å². The summed E-state index contributed by atoms with van der Waals surface area (Å²) in [5, 5.41) is 6.18. The molecule has 1 aromatic rings. The Hall–Kier alpha value is -1.43. The smallest absolute Gasteiger partial charge is 0.225 e. The number of carbonyl (C=O) groups excluding carboxylic acids is 2. The Balaban J connectivity index is 1.54. The summed E-state index contributed by atoms with van der Waals surface area (Å²) in [6.45, 7) is 6.38.